The predicted molar refractivity (Wildman–Crippen MR) is 90.7 cm³/mol. The Hall–Kier alpha value is -0.600. The maximum atomic E-state index is 3.67. The van der Waals surface area contributed by atoms with Gasteiger partial charge in [-0.25, -0.2) is 0 Å². The standard InChI is InChI=1S/C17H18Br2/c1-11-5-7-15(18)13(9-11)14-10-12(17(2,3)4)6-8-16(14)19/h5-10H,1-4H3. The van der Waals surface area contributed by atoms with Gasteiger partial charge in [-0.05, 0) is 47.2 Å². The second-order valence-electron chi connectivity index (χ2n) is 5.93. The van der Waals surface area contributed by atoms with E-state index in [1.807, 2.05) is 0 Å². The fraction of sp³-hybridized carbons (Fsp3) is 0.294. The molecule has 0 saturated heterocycles. The van der Waals surface area contributed by atoms with E-state index in [9.17, 15) is 0 Å². The first-order valence-electron chi connectivity index (χ1n) is 6.35. The van der Waals surface area contributed by atoms with Crippen LogP contribution in [0.15, 0.2) is 45.3 Å². The first-order chi connectivity index (χ1) is 8.79. The summed E-state index contributed by atoms with van der Waals surface area (Å²) in [6.45, 7) is 8.85. The molecule has 0 nitrogen and oxygen atoms in total. The molecule has 0 aliphatic rings. The molecule has 0 aliphatic carbocycles. The number of halogens is 2. The van der Waals surface area contributed by atoms with Crippen molar-refractivity contribution in [3.05, 3.63) is 56.5 Å². The molecule has 2 aromatic rings. The summed E-state index contributed by atoms with van der Waals surface area (Å²) in [5.41, 5.74) is 5.25. The third-order valence-electron chi connectivity index (χ3n) is 3.24. The van der Waals surface area contributed by atoms with Gasteiger partial charge in [0.15, 0.2) is 0 Å². The van der Waals surface area contributed by atoms with Crippen LogP contribution >= 0.6 is 31.9 Å². The molecule has 0 heterocycles. The van der Waals surface area contributed by atoms with Gasteiger partial charge in [-0.2, -0.15) is 0 Å². The van der Waals surface area contributed by atoms with Crippen LogP contribution in [0.5, 0.6) is 0 Å². The van der Waals surface area contributed by atoms with Crippen LogP contribution in [-0.2, 0) is 5.41 Å². The van der Waals surface area contributed by atoms with Crippen molar-refractivity contribution >= 4 is 31.9 Å². The van der Waals surface area contributed by atoms with Gasteiger partial charge in [-0.1, -0.05) is 76.4 Å². The molecular formula is C17H18Br2. The lowest BCUT2D eigenvalue weighted by molar-refractivity contribution is 0.590. The van der Waals surface area contributed by atoms with Crippen molar-refractivity contribution in [1.82, 2.24) is 0 Å². The number of rotatable bonds is 1. The lowest BCUT2D eigenvalue weighted by atomic mass is 9.85. The smallest absolute Gasteiger partial charge is 0.0254 e. The number of hydrogen-bond donors (Lipinski definition) is 0. The molecule has 0 atom stereocenters. The van der Waals surface area contributed by atoms with Gasteiger partial charge >= 0.3 is 0 Å². The van der Waals surface area contributed by atoms with Crippen molar-refractivity contribution in [2.75, 3.05) is 0 Å². The van der Waals surface area contributed by atoms with Crippen molar-refractivity contribution in [3.63, 3.8) is 0 Å². The molecule has 0 N–H and O–H groups in total. The van der Waals surface area contributed by atoms with Crippen LogP contribution in [0.2, 0.25) is 0 Å². The van der Waals surface area contributed by atoms with E-state index in [1.165, 1.54) is 22.3 Å². The first-order valence-corrected chi connectivity index (χ1v) is 7.94. The van der Waals surface area contributed by atoms with Crippen LogP contribution in [-0.4, -0.2) is 0 Å². The molecular weight excluding hydrogens is 364 g/mol. The summed E-state index contributed by atoms with van der Waals surface area (Å²) in [7, 11) is 0. The minimum absolute atomic E-state index is 0.158. The van der Waals surface area contributed by atoms with Crippen LogP contribution in [0.3, 0.4) is 0 Å². The van der Waals surface area contributed by atoms with Crippen molar-refractivity contribution in [1.29, 1.82) is 0 Å². The Balaban J connectivity index is 2.64. The summed E-state index contributed by atoms with van der Waals surface area (Å²) in [5, 5.41) is 0. The van der Waals surface area contributed by atoms with Crippen LogP contribution in [0.1, 0.15) is 31.9 Å². The van der Waals surface area contributed by atoms with Gasteiger partial charge in [-0.15, -0.1) is 0 Å². The number of aryl methyl sites for hydroxylation is 1. The Labute approximate surface area is 132 Å². The summed E-state index contributed by atoms with van der Waals surface area (Å²) in [6.07, 6.45) is 0. The van der Waals surface area contributed by atoms with E-state index in [4.69, 9.17) is 0 Å². The third kappa shape index (κ3) is 3.29. The van der Waals surface area contributed by atoms with Gasteiger partial charge in [0.05, 0.1) is 0 Å². The lowest BCUT2D eigenvalue weighted by Gasteiger charge is -2.21. The number of hydrogen-bond acceptors (Lipinski definition) is 0. The van der Waals surface area contributed by atoms with Gasteiger partial charge in [-0.3, -0.25) is 0 Å². The average Bonchev–Trinajstić information content (AvgIpc) is 2.32. The summed E-state index contributed by atoms with van der Waals surface area (Å²) < 4.78 is 2.26. The topological polar surface area (TPSA) is 0 Å². The first kappa shape index (κ1) is 14.8. The van der Waals surface area contributed by atoms with Crippen LogP contribution < -0.4 is 0 Å². The molecule has 0 spiro atoms. The molecule has 0 fully saturated rings. The summed E-state index contributed by atoms with van der Waals surface area (Å²) in [4.78, 5) is 0. The van der Waals surface area contributed by atoms with Crippen LogP contribution in [0.25, 0.3) is 11.1 Å². The van der Waals surface area contributed by atoms with E-state index in [-0.39, 0.29) is 5.41 Å². The summed E-state index contributed by atoms with van der Waals surface area (Å²) >= 11 is 7.33. The largest absolute Gasteiger partial charge is 0.0582 e. The van der Waals surface area contributed by atoms with Crippen LogP contribution in [0, 0.1) is 6.92 Å². The Bertz CT molecular complexity index is 607. The van der Waals surface area contributed by atoms with Crippen molar-refractivity contribution in [2.24, 2.45) is 0 Å². The fourth-order valence-electron chi connectivity index (χ4n) is 2.04. The van der Waals surface area contributed by atoms with Gasteiger partial charge in [0.25, 0.3) is 0 Å². The van der Waals surface area contributed by atoms with Gasteiger partial charge in [0.2, 0.25) is 0 Å². The molecule has 0 aromatic heterocycles. The average molecular weight is 382 g/mol. The maximum Gasteiger partial charge on any atom is 0.0254 e. The predicted octanol–water partition coefficient (Wildman–Crippen LogP) is 6.48. The zero-order valence-corrected chi connectivity index (χ0v) is 14.9. The maximum absolute atomic E-state index is 3.67. The SMILES string of the molecule is Cc1ccc(Br)c(-c2cc(C(C)(C)C)ccc2Br)c1. The van der Waals surface area contributed by atoms with E-state index >= 15 is 0 Å². The highest BCUT2D eigenvalue weighted by Gasteiger charge is 2.16. The van der Waals surface area contributed by atoms with E-state index in [2.05, 4.69) is 96.0 Å². The highest BCUT2D eigenvalue weighted by Crippen LogP contribution is 2.37. The van der Waals surface area contributed by atoms with E-state index in [1.54, 1.807) is 0 Å². The minimum atomic E-state index is 0.158. The molecule has 0 amide bonds. The highest BCUT2D eigenvalue weighted by atomic mass is 79.9. The highest BCUT2D eigenvalue weighted by molar-refractivity contribution is 9.11. The lowest BCUT2D eigenvalue weighted by Crippen LogP contribution is -2.10. The Morgan fingerprint density at radius 1 is 0.789 bits per heavy atom. The Morgan fingerprint density at radius 2 is 1.32 bits per heavy atom. The van der Waals surface area contributed by atoms with Gasteiger partial charge in [0.1, 0.15) is 0 Å². The second-order valence-corrected chi connectivity index (χ2v) is 7.64. The fourth-order valence-corrected chi connectivity index (χ4v) is 2.96. The zero-order chi connectivity index (χ0) is 14.2. The Kier molecular flexibility index (Phi) is 4.22. The summed E-state index contributed by atoms with van der Waals surface area (Å²) in [6, 6.07) is 13.1. The molecule has 0 saturated carbocycles. The molecule has 2 rings (SSSR count). The van der Waals surface area contributed by atoms with E-state index < -0.39 is 0 Å². The van der Waals surface area contributed by atoms with Gasteiger partial charge < -0.3 is 0 Å². The summed E-state index contributed by atoms with van der Waals surface area (Å²) in [5.74, 6) is 0. The Morgan fingerprint density at radius 3 is 1.89 bits per heavy atom. The second kappa shape index (κ2) is 5.41. The van der Waals surface area contributed by atoms with Crippen molar-refractivity contribution in [2.45, 2.75) is 33.1 Å². The molecule has 0 bridgehead atoms. The van der Waals surface area contributed by atoms with Crippen molar-refractivity contribution < 1.29 is 0 Å². The molecule has 19 heavy (non-hydrogen) atoms. The molecule has 0 unspecified atom stereocenters. The molecule has 0 aliphatic heterocycles. The van der Waals surface area contributed by atoms with Gasteiger partial charge in [0, 0.05) is 8.95 Å². The minimum Gasteiger partial charge on any atom is -0.0582 e. The number of benzene rings is 2. The van der Waals surface area contributed by atoms with E-state index in [0.717, 1.165) is 8.95 Å². The third-order valence-corrected chi connectivity index (χ3v) is 4.63. The molecule has 2 heteroatoms. The zero-order valence-electron chi connectivity index (χ0n) is 11.7. The quantitative estimate of drug-likeness (QED) is 0.529. The van der Waals surface area contributed by atoms with Crippen LogP contribution in [0.4, 0.5) is 0 Å². The van der Waals surface area contributed by atoms with Crippen molar-refractivity contribution in [3.8, 4) is 11.1 Å². The molecule has 100 valence electrons. The molecule has 2 aromatic carbocycles. The van der Waals surface area contributed by atoms with E-state index in [0.29, 0.717) is 0 Å². The monoisotopic (exact) mass is 380 g/mol. The molecule has 0 radical (unpaired) electrons. The normalized spacial score (nSPS) is 11.7.